The fourth-order valence-corrected chi connectivity index (χ4v) is 5.42. The minimum Gasteiger partial charge on any atom is -0.338 e. The molecule has 0 spiro atoms. The first-order valence-electron chi connectivity index (χ1n) is 13.9. The van der Waals surface area contributed by atoms with Crippen LogP contribution in [0.1, 0.15) is 47.3 Å². The molecule has 1 aromatic heterocycles. The molecule has 3 heterocycles. The molecule has 9 nitrogen and oxygen atoms in total. The number of urea groups is 1. The Balaban J connectivity index is 1.24. The van der Waals surface area contributed by atoms with Crippen LogP contribution in [0.15, 0.2) is 42.6 Å². The molecular formula is C30H38ClN7O2. The highest BCUT2D eigenvalue weighted by molar-refractivity contribution is 6.31. The van der Waals surface area contributed by atoms with Crippen molar-refractivity contribution in [2.24, 2.45) is 13.0 Å². The van der Waals surface area contributed by atoms with Gasteiger partial charge in [-0.3, -0.25) is 14.4 Å². The van der Waals surface area contributed by atoms with E-state index in [-0.39, 0.29) is 11.9 Å². The molecule has 0 bridgehead atoms. The fraction of sp³-hybridized carbons (Fsp3) is 0.433. The van der Waals surface area contributed by atoms with Gasteiger partial charge in [0.25, 0.3) is 5.91 Å². The van der Waals surface area contributed by atoms with Crippen LogP contribution in [0.2, 0.25) is 5.02 Å². The maximum Gasteiger partial charge on any atom is 0.317 e. The van der Waals surface area contributed by atoms with Crippen molar-refractivity contribution in [3.63, 3.8) is 0 Å². The molecule has 2 aliphatic heterocycles. The molecule has 1 fully saturated rings. The molecule has 1 saturated heterocycles. The van der Waals surface area contributed by atoms with Gasteiger partial charge >= 0.3 is 6.03 Å². The van der Waals surface area contributed by atoms with Gasteiger partial charge in [0.15, 0.2) is 0 Å². The number of anilines is 3. The summed E-state index contributed by atoms with van der Waals surface area (Å²) in [6.07, 6.45) is 2.96. The van der Waals surface area contributed by atoms with Crippen LogP contribution in [0.25, 0.3) is 0 Å². The first-order chi connectivity index (χ1) is 19.2. The van der Waals surface area contributed by atoms with Gasteiger partial charge in [0.2, 0.25) is 0 Å². The summed E-state index contributed by atoms with van der Waals surface area (Å²) in [5, 5.41) is 11.4. The van der Waals surface area contributed by atoms with E-state index in [1.807, 2.05) is 49.2 Å². The lowest BCUT2D eigenvalue weighted by Crippen LogP contribution is -2.51. The normalized spacial score (nSPS) is 15.3. The Morgan fingerprint density at radius 3 is 2.60 bits per heavy atom. The van der Waals surface area contributed by atoms with Gasteiger partial charge < -0.3 is 20.4 Å². The monoisotopic (exact) mass is 563 g/mol. The molecule has 5 rings (SSSR count). The number of rotatable bonds is 6. The Hall–Kier alpha value is -3.56. The molecule has 40 heavy (non-hydrogen) atoms. The van der Waals surface area contributed by atoms with Crippen molar-refractivity contribution in [1.29, 1.82) is 0 Å². The van der Waals surface area contributed by atoms with Crippen molar-refractivity contribution >= 4 is 40.7 Å². The van der Waals surface area contributed by atoms with Gasteiger partial charge in [-0.2, -0.15) is 5.10 Å². The number of benzene rings is 2. The van der Waals surface area contributed by atoms with E-state index in [1.54, 1.807) is 21.8 Å². The summed E-state index contributed by atoms with van der Waals surface area (Å²) in [7, 11) is 1.86. The topological polar surface area (TPSA) is 85.7 Å². The molecule has 0 saturated carbocycles. The van der Waals surface area contributed by atoms with Gasteiger partial charge in [0, 0.05) is 55.9 Å². The number of aryl methyl sites for hydroxylation is 2. The fourth-order valence-electron chi connectivity index (χ4n) is 5.25. The van der Waals surface area contributed by atoms with E-state index in [0.29, 0.717) is 29.6 Å². The minimum atomic E-state index is -0.115. The number of carbonyl (C=O) groups is 2. The second-order valence-corrected chi connectivity index (χ2v) is 11.6. The molecule has 3 aromatic rings. The molecular weight excluding hydrogens is 526 g/mol. The number of hydrogen-bond acceptors (Lipinski definition) is 5. The number of aromatic nitrogens is 2. The predicted octanol–water partition coefficient (Wildman–Crippen LogP) is 5.16. The maximum atomic E-state index is 13.8. The number of fused-ring (bicyclic) bond motifs is 2. The molecule has 2 aromatic carbocycles. The zero-order valence-electron chi connectivity index (χ0n) is 23.7. The number of halogens is 1. The van der Waals surface area contributed by atoms with E-state index < -0.39 is 0 Å². The second kappa shape index (κ2) is 11.9. The van der Waals surface area contributed by atoms with E-state index in [4.69, 9.17) is 11.6 Å². The first kappa shape index (κ1) is 28.0. The summed E-state index contributed by atoms with van der Waals surface area (Å²) >= 11 is 6.28. The first-order valence-corrected chi connectivity index (χ1v) is 14.3. The molecule has 10 heteroatoms. The van der Waals surface area contributed by atoms with Gasteiger partial charge in [-0.05, 0) is 67.3 Å². The third-order valence-electron chi connectivity index (χ3n) is 7.79. The van der Waals surface area contributed by atoms with Crippen LogP contribution in [-0.2, 0) is 20.1 Å². The van der Waals surface area contributed by atoms with Crippen LogP contribution in [0, 0.1) is 12.8 Å². The average molecular weight is 564 g/mol. The number of amides is 3. The lowest BCUT2D eigenvalue weighted by Gasteiger charge is -2.35. The minimum absolute atomic E-state index is 0.0392. The second-order valence-electron chi connectivity index (χ2n) is 11.1. The summed E-state index contributed by atoms with van der Waals surface area (Å²) in [4.78, 5) is 32.7. The third-order valence-corrected chi connectivity index (χ3v) is 8.03. The van der Waals surface area contributed by atoms with Crippen LogP contribution in [0.5, 0.6) is 0 Å². The van der Waals surface area contributed by atoms with Crippen LogP contribution < -0.4 is 15.5 Å². The van der Waals surface area contributed by atoms with Gasteiger partial charge in [-0.25, -0.2) is 4.79 Å². The van der Waals surface area contributed by atoms with E-state index in [1.165, 1.54) is 6.42 Å². The standard InChI is InChI=1S/C30H38ClN7O2/c1-20(2)9-10-36-11-13-37(14-12-36)30(40)32-17-23-6-5-22(15-21(23)3)29(39)38-19-24-18-33-35(4)28(24)34-26-16-25(31)7-8-27(26)38/h5-8,15-16,18,20,34H,9-14,17,19H2,1-4H3,(H,32,40). The van der Waals surface area contributed by atoms with E-state index >= 15 is 0 Å². The molecule has 3 amide bonds. The quantitative estimate of drug-likeness (QED) is 0.433. The van der Waals surface area contributed by atoms with Gasteiger partial charge in [0.1, 0.15) is 5.82 Å². The van der Waals surface area contributed by atoms with Crippen molar-refractivity contribution in [2.75, 3.05) is 42.9 Å². The highest BCUT2D eigenvalue weighted by Crippen LogP contribution is 2.38. The van der Waals surface area contributed by atoms with Crippen LogP contribution in [-0.4, -0.2) is 64.2 Å². The van der Waals surface area contributed by atoms with Crippen molar-refractivity contribution in [2.45, 2.75) is 40.3 Å². The van der Waals surface area contributed by atoms with Crippen molar-refractivity contribution in [3.8, 4) is 0 Å². The SMILES string of the molecule is Cc1cc(C(=O)N2Cc3cnn(C)c3Nc3cc(Cl)ccc32)ccc1CNC(=O)N1CCN(CCC(C)C)CC1. The molecule has 212 valence electrons. The lowest BCUT2D eigenvalue weighted by molar-refractivity contribution is 0.0985. The lowest BCUT2D eigenvalue weighted by atomic mass is 10.0. The number of nitrogens with zero attached hydrogens (tertiary/aromatic N) is 5. The van der Waals surface area contributed by atoms with Crippen molar-refractivity contribution in [1.82, 2.24) is 24.9 Å². The van der Waals surface area contributed by atoms with Gasteiger partial charge in [-0.15, -0.1) is 0 Å². The van der Waals surface area contributed by atoms with Crippen LogP contribution >= 0.6 is 11.6 Å². The molecule has 0 radical (unpaired) electrons. The number of carbonyl (C=O) groups excluding carboxylic acids is 2. The van der Waals surface area contributed by atoms with E-state index in [0.717, 1.165) is 66.6 Å². The number of hydrogen-bond donors (Lipinski definition) is 2. The Morgan fingerprint density at radius 2 is 1.88 bits per heavy atom. The third kappa shape index (κ3) is 6.10. The largest absolute Gasteiger partial charge is 0.338 e. The molecule has 0 unspecified atom stereocenters. The maximum absolute atomic E-state index is 13.8. The molecule has 2 N–H and O–H groups in total. The zero-order valence-corrected chi connectivity index (χ0v) is 24.5. The summed E-state index contributed by atoms with van der Waals surface area (Å²) in [5.41, 5.74) is 4.94. The molecule has 0 aliphatic carbocycles. The Kier molecular flexibility index (Phi) is 8.32. The summed E-state index contributed by atoms with van der Waals surface area (Å²) < 4.78 is 1.76. The predicted molar refractivity (Wildman–Crippen MR) is 159 cm³/mol. The zero-order chi connectivity index (χ0) is 28.4. The summed E-state index contributed by atoms with van der Waals surface area (Å²) in [5.74, 6) is 1.41. The van der Waals surface area contributed by atoms with Crippen LogP contribution in [0.4, 0.5) is 22.0 Å². The Morgan fingerprint density at radius 1 is 1.10 bits per heavy atom. The van der Waals surface area contributed by atoms with Gasteiger partial charge in [0.05, 0.1) is 24.1 Å². The summed E-state index contributed by atoms with van der Waals surface area (Å²) in [6.45, 7) is 11.7. The average Bonchev–Trinajstić information content (AvgIpc) is 3.18. The van der Waals surface area contributed by atoms with Gasteiger partial charge in [-0.1, -0.05) is 31.5 Å². The summed E-state index contributed by atoms with van der Waals surface area (Å²) in [6, 6.07) is 11.1. The number of nitrogens with one attached hydrogen (secondary N) is 2. The van der Waals surface area contributed by atoms with E-state index in [9.17, 15) is 9.59 Å². The highest BCUT2D eigenvalue weighted by Gasteiger charge is 2.27. The smallest absolute Gasteiger partial charge is 0.317 e. The van der Waals surface area contributed by atoms with Crippen molar-refractivity contribution < 1.29 is 9.59 Å². The Bertz CT molecular complexity index is 1390. The molecule has 0 atom stereocenters. The van der Waals surface area contributed by atoms with Crippen molar-refractivity contribution in [3.05, 3.63) is 69.9 Å². The molecule has 2 aliphatic rings. The number of piperazine rings is 1. The van der Waals surface area contributed by atoms with Crippen LogP contribution in [0.3, 0.4) is 0 Å². The van der Waals surface area contributed by atoms with E-state index in [2.05, 4.69) is 34.5 Å². The Labute approximate surface area is 241 Å². The highest BCUT2D eigenvalue weighted by atomic mass is 35.5.